The van der Waals surface area contributed by atoms with Crippen molar-refractivity contribution in [3.8, 4) is 0 Å². The Morgan fingerprint density at radius 3 is 0.920 bits per heavy atom. The Kier molecular flexibility index (Phi) is 41.9. The Bertz CT molecular complexity index is 259. The smallest absolute Gasteiger partial charge is 0.343 e. The predicted molar refractivity (Wildman–Crippen MR) is 110 cm³/mol. The second-order valence-corrected chi connectivity index (χ2v) is 9.85. The van der Waals surface area contributed by atoms with Gasteiger partial charge < -0.3 is 43.2 Å². The molecular formula is C14H36MoO6P2S2. The minimum absolute atomic E-state index is 0. The molecule has 0 aliphatic carbocycles. The molecule has 0 aromatic heterocycles. The van der Waals surface area contributed by atoms with Crippen molar-refractivity contribution >= 4 is 37.1 Å². The van der Waals surface area contributed by atoms with Gasteiger partial charge in [-0.3, -0.25) is 0 Å². The number of hydrogen-bond donors (Lipinski definition) is 6. The molecule has 0 saturated carbocycles. The monoisotopic (exact) mass is 524 g/mol. The van der Waals surface area contributed by atoms with Crippen molar-refractivity contribution in [1.29, 1.82) is 0 Å². The second-order valence-electron chi connectivity index (χ2n) is 4.85. The van der Waals surface area contributed by atoms with E-state index in [0.29, 0.717) is 0 Å². The van der Waals surface area contributed by atoms with E-state index in [1.54, 1.807) is 0 Å². The maximum atomic E-state index is 7.56. The zero-order valence-electron chi connectivity index (χ0n) is 15.3. The van der Waals surface area contributed by atoms with Crippen molar-refractivity contribution in [3.05, 3.63) is 13.8 Å². The molecular weight excluding hydrogens is 486 g/mol. The molecule has 0 aromatic rings. The zero-order valence-corrected chi connectivity index (χ0v) is 20.7. The minimum Gasteiger partial charge on any atom is -0.343 e. The third-order valence-corrected chi connectivity index (χ3v) is 2.21. The molecule has 0 aliphatic rings. The van der Waals surface area contributed by atoms with Crippen LogP contribution in [0.2, 0.25) is 0 Å². The van der Waals surface area contributed by atoms with E-state index >= 15 is 0 Å². The number of hydrogen-bond acceptors (Lipinski definition) is 2. The second kappa shape index (κ2) is 28.0. The first-order valence-corrected chi connectivity index (χ1v) is 13.3. The van der Waals surface area contributed by atoms with Crippen LogP contribution in [0.3, 0.4) is 0 Å². The first kappa shape index (κ1) is 37.5. The van der Waals surface area contributed by atoms with E-state index in [2.05, 4.69) is 51.3 Å². The largest absolute Gasteiger partial charge is 2.00 e. The first-order chi connectivity index (χ1) is 10.8. The molecule has 0 bridgehead atoms. The van der Waals surface area contributed by atoms with Crippen molar-refractivity contribution in [2.45, 2.75) is 78.1 Å². The Morgan fingerprint density at radius 2 is 0.800 bits per heavy atom. The van der Waals surface area contributed by atoms with Gasteiger partial charge in [-0.2, -0.15) is 12.8 Å². The standard InChI is InChI=1S/2C7H15.Mo.2H3O3PS/c2*1-3-5-7-6-4-2;;2*1-4(2,3)5/h2*1,3-7H2,2H3;;2*(H3,1,2,3,5)/q2*-1;+2;;. The van der Waals surface area contributed by atoms with Gasteiger partial charge in [0.25, 0.3) is 0 Å². The van der Waals surface area contributed by atoms with Crippen LogP contribution in [0, 0.1) is 13.8 Å². The van der Waals surface area contributed by atoms with Crippen molar-refractivity contribution < 1.29 is 50.4 Å². The fourth-order valence-corrected chi connectivity index (χ4v) is 1.21. The maximum Gasteiger partial charge on any atom is 2.00 e. The number of rotatable bonds is 8. The van der Waals surface area contributed by atoms with E-state index in [9.17, 15) is 0 Å². The van der Waals surface area contributed by atoms with E-state index in [1.165, 1.54) is 51.4 Å². The van der Waals surface area contributed by atoms with E-state index in [0.717, 1.165) is 12.8 Å². The van der Waals surface area contributed by atoms with Gasteiger partial charge in [-0.05, 0) is 23.6 Å². The average molecular weight is 522 g/mol. The molecule has 6 nitrogen and oxygen atoms in total. The summed E-state index contributed by atoms with van der Waals surface area (Å²) in [6.07, 6.45) is 13.0. The summed E-state index contributed by atoms with van der Waals surface area (Å²) in [4.78, 5) is 45.3. The quantitative estimate of drug-likeness (QED) is 0.123. The van der Waals surface area contributed by atoms with Gasteiger partial charge in [-0.15, -0.1) is 0 Å². The average Bonchev–Trinajstić information content (AvgIpc) is 2.37. The molecule has 0 atom stereocenters. The summed E-state index contributed by atoms with van der Waals surface area (Å²) in [6, 6.07) is 0. The SMILES string of the molecule is OP(O)(O)=S.OP(O)(O)=S.[CH2-]CCCCCC.[CH2-]CCCCCC.[Mo+2]. The summed E-state index contributed by atoms with van der Waals surface area (Å²) < 4.78 is 0. The van der Waals surface area contributed by atoms with Crippen molar-refractivity contribution in [3.63, 3.8) is 0 Å². The number of unbranched alkanes of at least 4 members (excludes halogenated alkanes) is 8. The topological polar surface area (TPSA) is 121 Å². The van der Waals surface area contributed by atoms with Crippen LogP contribution in [0.25, 0.3) is 0 Å². The summed E-state index contributed by atoms with van der Waals surface area (Å²) in [5.74, 6) is 0. The third kappa shape index (κ3) is 153. The van der Waals surface area contributed by atoms with Crippen molar-refractivity contribution in [2.75, 3.05) is 0 Å². The fourth-order valence-electron chi connectivity index (χ4n) is 1.21. The van der Waals surface area contributed by atoms with Gasteiger partial charge in [-0.25, -0.2) is 0 Å². The maximum absolute atomic E-state index is 7.56. The van der Waals surface area contributed by atoms with Gasteiger partial charge in [0, 0.05) is 0 Å². The van der Waals surface area contributed by atoms with E-state index in [4.69, 9.17) is 29.4 Å². The first-order valence-electron chi connectivity index (χ1n) is 7.98. The van der Waals surface area contributed by atoms with Crippen LogP contribution in [0.15, 0.2) is 0 Å². The summed E-state index contributed by atoms with van der Waals surface area (Å²) in [5.41, 5.74) is 0. The molecule has 0 unspecified atom stereocenters. The van der Waals surface area contributed by atoms with Crippen LogP contribution in [-0.2, 0) is 44.7 Å². The summed E-state index contributed by atoms with van der Waals surface area (Å²) in [5, 5.41) is 0. The van der Waals surface area contributed by atoms with Gasteiger partial charge in [0.2, 0.25) is 0 Å². The van der Waals surface area contributed by atoms with Crippen molar-refractivity contribution in [1.82, 2.24) is 0 Å². The van der Waals surface area contributed by atoms with Gasteiger partial charge in [0.15, 0.2) is 0 Å². The van der Waals surface area contributed by atoms with Crippen LogP contribution in [-0.4, -0.2) is 29.4 Å². The normalized spacial score (nSPS) is 10.0. The fraction of sp³-hybridized carbons (Fsp3) is 0.857. The van der Waals surface area contributed by atoms with Crippen molar-refractivity contribution in [2.24, 2.45) is 0 Å². The molecule has 0 spiro atoms. The molecule has 0 rings (SSSR count). The van der Waals surface area contributed by atoms with Gasteiger partial charge in [-0.1, -0.05) is 65.2 Å². The molecule has 0 aliphatic heterocycles. The minimum atomic E-state index is -3.81. The molecule has 6 N–H and O–H groups in total. The van der Waals surface area contributed by atoms with Crippen LogP contribution >= 0.6 is 13.4 Å². The molecule has 0 aromatic carbocycles. The molecule has 0 radical (unpaired) electrons. The zero-order chi connectivity index (χ0) is 20.1. The molecule has 0 amide bonds. The molecule has 156 valence electrons. The Balaban J connectivity index is -0.0000000711. The van der Waals surface area contributed by atoms with Gasteiger partial charge in [0.05, 0.1) is 0 Å². The van der Waals surface area contributed by atoms with Gasteiger partial charge in [0.1, 0.15) is 0 Å². The molecule has 0 fully saturated rings. The Labute approximate surface area is 178 Å². The summed E-state index contributed by atoms with van der Waals surface area (Å²) in [7, 11) is 0. The van der Waals surface area contributed by atoms with Crippen LogP contribution < -0.4 is 0 Å². The molecule has 0 heterocycles. The Morgan fingerprint density at radius 1 is 0.600 bits per heavy atom. The van der Waals surface area contributed by atoms with E-state index < -0.39 is 13.4 Å². The third-order valence-electron chi connectivity index (χ3n) is 2.21. The van der Waals surface area contributed by atoms with Crippen LogP contribution in [0.1, 0.15) is 78.1 Å². The summed E-state index contributed by atoms with van der Waals surface area (Å²) in [6.45, 7) is 4.35. The van der Waals surface area contributed by atoms with E-state index in [-0.39, 0.29) is 21.1 Å². The predicted octanol–water partition coefficient (Wildman–Crippen LogP) is 3.95. The molecule has 0 saturated heterocycles. The van der Waals surface area contributed by atoms with Crippen LogP contribution in [0.5, 0.6) is 0 Å². The Hall–Kier alpha value is 1.75. The van der Waals surface area contributed by atoms with Crippen LogP contribution in [0.4, 0.5) is 0 Å². The van der Waals surface area contributed by atoms with E-state index in [1.807, 2.05) is 0 Å². The summed E-state index contributed by atoms with van der Waals surface area (Å²) >= 11 is 7.21. The molecule has 25 heavy (non-hydrogen) atoms. The van der Waals surface area contributed by atoms with Gasteiger partial charge >= 0.3 is 34.5 Å². The molecule has 11 heteroatoms.